The third-order valence-corrected chi connectivity index (χ3v) is 14.5. The van der Waals surface area contributed by atoms with Gasteiger partial charge in [0.05, 0.1) is 0 Å². The summed E-state index contributed by atoms with van der Waals surface area (Å²) < 4.78 is 113. The number of alkyl halides is 9. The van der Waals surface area contributed by atoms with E-state index >= 15 is 0 Å². The summed E-state index contributed by atoms with van der Waals surface area (Å²) in [5.41, 5.74) is -5.08. The van der Waals surface area contributed by atoms with Gasteiger partial charge in [0, 0.05) is 70.3 Å². The van der Waals surface area contributed by atoms with Crippen molar-refractivity contribution in [2.45, 2.75) is 119 Å². The van der Waals surface area contributed by atoms with E-state index in [2.05, 4.69) is 0 Å². The summed E-state index contributed by atoms with van der Waals surface area (Å²) in [6.07, 6.45) is -11.1. The molecule has 0 heterocycles. The maximum Gasteiger partial charge on any atom is 0.449 e. The number of ketones is 3. The monoisotopic (exact) mass is 910 g/mol. The number of aliphatic hydroxyl groups excluding tert-OH is 3. The molecule has 6 bridgehead atoms. The Morgan fingerprint density at radius 1 is 0.462 bits per heavy atom. The second-order valence-electron chi connectivity index (χ2n) is 17.2. The SMILES string of the molecule is CC1(C)[C@@H]2CC[C@@]1(C)C(=O)/C2=C(/O)C(F)(F)F.CC1(C)[C@@H]2CC[C@@]1(C)C(=O)/C2=C(/O)C(F)(F)F.CC1(C)[C@@H]2CC[C@@]1(C)C(=O)/C2=C(/O)C(F)(F)F.[Er]. The van der Waals surface area contributed by atoms with Gasteiger partial charge < -0.3 is 15.3 Å². The molecular formula is C36H45ErF9O6. The van der Waals surface area contributed by atoms with Gasteiger partial charge in [-0.05, 0) is 72.5 Å². The van der Waals surface area contributed by atoms with Crippen molar-refractivity contribution in [3.05, 3.63) is 34.0 Å². The second kappa shape index (κ2) is 12.9. The molecule has 0 saturated heterocycles. The van der Waals surface area contributed by atoms with Crippen LogP contribution < -0.4 is 0 Å². The number of aliphatic hydroxyl groups is 3. The molecule has 0 amide bonds. The number of Topliss-reactive ketones (excluding diaryl/α,β-unsaturated/α-hetero) is 3. The Morgan fingerprint density at radius 3 is 0.750 bits per heavy atom. The average Bonchev–Trinajstić information content (AvgIpc) is 3.59. The fourth-order valence-corrected chi connectivity index (χ4v) is 9.88. The molecule has 52 heavy (non-hydrogen) atoms. The third-order valence-electron chi connectivity index (χ3n) is 14.5. The summed E-state index contributed by atoms with van der Waals surface area (Å²) in [6, 6.07) is 0. The molecule has 0 unspecified atom stereocenters. The summed E-state index contributed by atoms with van der Waals surface area (Å²) in [5.74, 6) is -8.13. The van der Waals surface area contributed by atoms with E-state index in [1.165, 1.54) is 0 Å². The molecule has 16 heteroatoms. The predicted molar refractivity (Wildman–Crippen MR) is 166 cm³/mol. The van der Waals surface area contributed by atoms with E-state index in [4.69, 9.17) is 0 Å². The van der Waals surface area contributed by atoms with Gasteiger partial charge in [-0.25, -0.2) is 0 Å². The van der Waals surface area contributed by atoms with Crippen molar-refractivity contribution >= 4 is 17.3 Å². The first-order chi connectivity index (χ1) is 22.6. The molecule has 0 aromatic heterocycles. The van der Waals surface area contributed by atoms with Crippen LogP contribution in [0.1, 0.15) is 101 Å². The van der Waals surface area contributed by atoms with Gasteiger partial charge in [0.15, 0.2) is 17.3 Å². The van der Waals surface area contributed by atoms with E-state index in [0.29, 0.717) is 38.5 Å². The fourth-order valence-electron chi connectivity index (χ4n) is 9.88. The van der Waals surface area contributed by atoms with Crippen LogP contribution in [0.15, 0.2) is 34.0 Å². The molecular weight excluding hydrogens is 867 g/mol. The summed E-state index contributed by atoms with van der Waals surface area (Å²) in [7, 11) is 0. The van der Waals surface area contributed by atoms with Crippen LogP contribution >= 0.6 is 0 Å². The molecule has 3 N–H and O–H groups in total. The molecule has 0 aromatic carbocycles. The number of hydrogen-bond acceptors (Lipinski definition) is 6. The van der Waals surface area contributed by atoms with Crippen molar-refractivity contribution in [1.82, 2.24) is 0 Å². The second-order valence-corrected chi connectivity index (χ2v) is 17.2. The normalized spacial score (nSPS) is 38.0. The van der Waals surface area contributed by atoms with Gasteiger partial charge in [-0.15, -0.1) is 0 Å². The van der Waals surface area contributed by atoms with Crippen LogP contribution in [-0.4, -0.2) is 51.2 Å². The molecule has 6 nitrogen and oxygen atoms in total. The number of carbonyl (C=O) groups is 3. The van der Waals surface area contributed by atoms with Gasteiger partial charge in [-0.2, -0.15) is 39.5 Å². The van der Waals surface area contributed by atoms with Gasteiger partial charge in [0.25, 0.3) is 0 Å². The smallest absolute Gasteiger partial charge is 0.449 e. The van der Waals surface area contributed by atoms with Crippen LogP contribution in [0.25, 0.3) is 0 Å². The third kappa shape index (κ3) is 6.07. The van der Waals surface area contributed by atoms with E-state index in [1.807, 2.05) is 0 Å². The summed E-state index contributed by atoms with van der Waals surface area (Å²) in [4.78, 5) is 36.2. The molecule has 6 fully saturated rings. The van der Waals surface area contributed by atoms with Gasteiger partial charge in [0.1, 0.15) is 0 Å². The number of hydrogen-bond donors (Lipinski definition) is 3. The molecule has 0 aliphatic heterocycles. The van der Waals surface area contributed by atoms with Gasteiger partial charge in [-0.1, -0.05) is 62.3 Å². The Hall–Kier alpha value is -1.75. The summed E-state index contributed by atoms with van der Waals surface area (Å²) >= 11 is 0. The Bertz CT molecular complexity index is 1460. The summed E-state index contributed by atoms with van der Waals surface area (Å²) in [6.45, 7) is 15.9. The Morgan fingerprint density at radius 2 is 0.635 bits per heavy atom. The largest absolute Gasteiger partial charge is 0.504 e. The zero-order valence-electron chi connectivity index (χ0n) is 30.2. The first kappa shape index (κ1) is 44.6. The van der Waals surface area contributed by atoms with E-state index in [-0.39, 0.29) is 37.3 Å². The van der Waals surface area contributed by atoms with Crippen molar-refractivity contribution < 1.29 is 107 Å². The van der Waals surface area contributed by atoms with Gasteiger partial charge in [-0.3, -0.25) is 14.4 Å². The van der Waals surface area contributed by atoms with E-state index in [0.717, 1.165) is 0 Å². The molecule has 6 rings (SSSR count). The van der Waals surface area contributed by atoms with E-state index in [9.17, 15) is 69.2 Å². The molecule has 6 saturated carbocycles. The number of rotatable bonds is 0. The van der Waals surface area contributed by atoms with Crippen LogP contribution in [0.5, 0.6) is 0 Å². The molecule has 6 atom stereocenters. The average molecular weight is 912 g/mol. The minimum Gasteiger partial charge on any atom is -0.504 e. The Labute approximate surface area is 325 Å². The van der Waals surface area contributed by atoms with Crippen molar-refractivity contribution in [3.8, 4) is 0 Å². The molecule has 0 radical (unpaired) electrons. The Balaban J connectivity index is 0.000000208. The molecule has 0 spiro atoms. The molecule has 6 aliphatic carbocycles. The van der Waals surface area contributed by atoms with Crippen LogP contribution in [0.2, 0.25) is 0 Å². The van der Waals surface area contributed by atoms with Crippen LogP contribution in [-0.2, 0) is 14.4 Å². The fraction of sp³-hybridized carbons (Fsp3) is 0.750. The molecule has 0 aromatic rings. The van der Waals surface area contributed by atoms with E-state index in [1.54, 1.807) is 62.3 Å². The van der Waals surface area contributed by atoms with Gasteiger partial charge >= 0.3 is 18.5 Å². The van der Waals surface area contributed by atoms with Gasteiger partial charge in [0.2, 0.25) is 17.3 Å². The minimum atomic E-state index is -4.83. The topological polar surface area (TPSA) is 112 Å². The van der Waals surface area contributed by atoms with Crippen molar-refractivity contribution in [2.24, 2.45) is 50.2 Å². The zero-order chi connectivity index (χ0) is 39.7. The van der Waals surface area contributed by atoms with Crippen molar-refractivity contribution in [3.63, 3.8) is 0 Å². The minimum absolute atomic E-state index is 0. The standard InChI is InChI=1S/3C12H15F3O2.Er/c3*1-10(2)6-4-5-11(10,3)8(16)7(6)9(17)12(13,14)15;/h3*6,17H,4-5H2,1-3H3;/b3*9-7+;/t3*6-,11+;/m111./s1. The Kier molecular flexibility index (Phi) is 11.1. The van der Waals surface area contributed by atoms with Crippen molar-refractivity contribution in [2.75, 3.05) is 0 Å². The molecule has 300 valence electrons. The number of fused-ring (bicyclic) bond motifs is 6. The van der Waals surface area contributed by atoms with Crippen LogP contribution in [0, 0.1) is 87.5 Å². The van der Waals surface area contributed by atoms with Crippen LogP contribution in [0.3, 0.4) is 0 Å². The first-order valence-corrected chi connectivity index (χ1v) is 16.8. The summed E-state index contributed by atoms with van der Waals surface area (Å²) in [5, 5.41) is 27.8. The van der Waals surface area contributed by atoms with E-state index < -0.39 is 120 Å². The first-order valence-electron chi connectivity index (χ1n) is 16.8. The number of halogens is 9. The zero-order valence-corrected chi connectivity index (χ0v) is 32.1. The predicted octanol–water partition coefficient (Wildman–Crippen LogP) is 10.2. The number of allylic oxidation sites excluding steroid dienone is 6. The maximum absolute atomic E-state index is 12.5. The quantitative estimate of drug-likeness (QED) is 0.127. The van der Waals surface area contributed by atoms with Crippen LogP contribution in [0.4, 0.5) is 39.5 Å². The maximum atomic E-state index is 12.5. The molecule has 6 aliphatic rings. The van der Waals surface area contributed by atoms with Crippen molar-refractivity contribution in [1.29, 1.82) is 0 Å². The number of carbonyl (C=O) groups excluding carboxylic acids is 3.